The molecule has 0 radical (unpaired) electrons. The molecule has 0 saturated carbocycles. The summed E-state index contributed by atoms with van der Waals surface area (Å²) in [5.74, 6) is -1.88. The molecule has 1 heterocycles. The number of benzene rings is 2. The number of aliphatic hydroxyl groups is 1. The van der Waals surface area contributed by atoms with E-state index in [2.05, 4.69) is 11.8 Å². The molecule has 1 atom stereocenters. The molecule has 6 nitrogen and oxygen atoms in total. The lowest BCUT2D eigenvalue weighted by Gasteiger charge is -2.28. The highest BCUT2D eigenvalue weighted by Gasteiger charge is 2.46. The van der Waals surface area contributed by atoms with Gasteiger partial charge in [0.15, 0.2) is 0 Å². The third kappa shape index (κ3) is 5.47. The van der Waals surface area contributed by atoms with Gasteiger partial charge in [-0.3, -0.25) is 9.59 Å². The number of amides is 1. The lowest BCUT2D eigenvalue weighted by Crippen LogP contribution is -2.38. The van der Waals surface area contributed by atoms with Gasteiger partial charge >= 0.3 is 0 Å². The van der Waals surface area contributed by atoms with Crippen LogP contribution in [0, 0.1) is 5.82 Å². The number of likely N-dealkylation sites (tertiary alicyclic amines) is 1. The van der Waals surface area contributed by atoms with Crippen molar-refractivity contribution < 1.29 is 23.8 Å². The molecular formula is C27H33FN2O4. The summed E-state index contributed by atoms with van der Waals surface area (Å²) in [6, 6.07) is 11.8. The van der Waals surface area contributed by atoms with Gasteiger partial charge in [0.25, 0.3) is 11.7 Å². The Morgan fingerprint density at radius 1 is 1.09 bits per heavy atom. The van der Waals surface area contributed by atoms with E-state index in [1.165, 1.54) is 11.0 Å². The van der Waals surface area contributed by atoms with Crippen molar-refractivity contribution in [2.24, 2.45) is 0 Å². The summed E-state index contributed by atoms with van der Waals surface area (Å²) in [5, 5.41) is 11.2. The van der Waals surface area contributed by atoms with E-state index in [9.17, 15) is 19.1 Å². The molecule has 1 aliphatic rings. The van der Waals surface area contributed by atoms with Gasteiger partial charge in [0.1, 0.15) is 17.3 Å². The SMILES string of the molecule is CCCCOc1cccc(/C(O)=C2\C(=O)C(=O)N(CCN(CC)CC)C2c2ccccc2F)c1. The van der Waals surface area contributed by atoms with E-state index in [1.54, 1.807) is 42.5 Å². The first-order valence-electron chi connectivity index (χ1n) is 11.9. The van der Waals surface area contributed by atoms with Crippen molar-refractivity contribution in [3.8, 4) is 5.75 Å². The lowest BCUT2D eigenvalue weighted by molar-refractivity contribution is -0.140. The third-order valence-electron chi connectivity index (χ3n) is 6.17. The van der Waals surface area contributed by atoms with Crippen molar-refractivity contribution in [1.82, 2.24) is 9.80 Å². The fraction of sp³-hybridized carbons (Fsp3) is 0.407. The van der Waals surface area contributed by atoms with Crippen LogP contribution in [0.5, 0.6) is 5.75 Å². The van der Waals surface area contributed by atoms with Gasteiger partial charge in [0, 0.05) is 24.2 Å². The van der Waals surface area contributed by atoms with E-state index in [4.69, 9.17) is 4.74 Å². The van der Waals surface area contributed by atoms with Crippen LogP contribution in [0.4, 0.5) is 4.39 Å². The Morgan fingerprint density at radius 2 is 1.82 bits per heavy atom. The predicted octanol–water partition coefficient (Wildman–Crippen LogP) is 4.77. The molecule has 2 aromatic rings. The van der Waals surface area contributed by atoms with E-state index in [1.807, 2.05) is 13.8 Å². The van der Waals surface area contributed by atoms with E-state index >= 15 is 0 Å². The second kappa shape index (κ2) is 11.8. The van der Waals surface area contributed by atoms with Gasteiger partial charge < -0.3 is 19.6 Å². The number of hydrogen-bond donors (Lipinski definition) is 1. The first-order valence-corrected chi connectivity index (χ1v) is 11.9. The Hall–Kier alpha value is -3.19. The fourth-order valence-corrected chi connectivity index (χ4v) is 4.14. The van der Waals surface area contributed by atoms with Crippen molar-refractivity contribution in [3.63, 3.8) is 0 Å². The van der Waals surface area contributed by atoms with Crippen LogP contribution in [0.1, 0.15) is 50.8 Å². The first-order chi connectivity index (χ1) is 16.4. The number of likely N-dealkylation sites (N-methyl/N-ethyl adjacent to an activating group) is 1. The minimum Gasteiger partial charge on any atom is -0.507 e. The molecule has 1 N–H and O–H groups in total. The summed E-state index contributed by atoms with van der Waals surface area (Å²) in [4.78, 5) is 29.7. The van der Waals surface area contributed by atoms with Gasteiger partial charge in [0.2, 0.25) is 0 Å². The minimum absolute atomic E-state index is 0.111. The Labute approximate surface area is 200 Å². The maximum Gasteiger partial charge on any atom is 0.295 e. The number of carbonyl (C=O) groups is 2. The summed E-state index contributed by atoms with van der Waals surface area (Å²) >= 11 is 0. The molecule has 0 bridgehead atoms. The maximum atomic E-state index is 14.9. The van der Waals surface area contributed by atoms with Gasteiger partial charge in [-0.05, 0) is 37.7 Å². The number of ether oxygens (including phenoxy) is 1. The molecular weight excluding hydrogens is 435 g/mol. The Bertz CT molecular complexity index is 1050. The van der Waals surface area contributed by atoms with Crippen molar-refractivity contribution in [2.45, 2.75) is 39.7 Å². The number of unbranched alkanes of at least 4 members (excludes halogenated alkanes) is 1. The van der Waals surface area contributed by atoms with Gasteiger partial charge in [-0.25, -0.2) is 4.39 Å². The monoisotopic (exact) mass is 468 g/mol. The Balaban J connectivity index is 2.05. The molecule has 1 unspecified atom stereocenters. The summed E-state index contributed by atoms with van der Waals surface area (Å²) in [5.41, 5.74) is 0.413. The van der Waals surface area contributed by atoms with Crippen LogP contribution in [0.25, 0.3) is 5.76 Å². The molecule has 0 spiro atoms. The normalized spacial score (nSPS) is 17.6. The quantitative estimate of drug-likeness (QED) is 0.223. The highest BCUT2D eigenvalue weighted by molar-refractivity contribution is 6.46. The van der Waals surface area contributed by atoms with E-state index in [0.29, 0.717) is 24.5 Å². The first kappa shape index (κ1) is 25.4. The summed E-state index contributed by atoms with van der Waals surface area (Å²) in [7, 11) is 0. The zero-order valence-electron chi connectivity index (χ0n) is 20.1. The number of nitrogens with zero attached hydrogens (tertiary/aromatic N) is 2. The van der Waals surface area contributed by atoms with Gasteiger partial charge in [-0.2, -0.15) is 0 Å². The summed E-state index contributed by atoms with van der Waals surface area (Å²) in [6.45, 7) is 8.97. The Kier molecular flexibility index (Phi) is 8.82. The molecule has 34 heavy (non-hydrogen) atoms. The van der Waals surface area contributed by atoms with Crippen molar-refractivity contribution in [3.05, 3.63) is 71.0 Å². The number of rotatable bonds is 11. The van der Waals surface area contributed by atoms with Gasteiger partial charge in [-0.15, -0.1) is 0 Å². The summed E-state index contributed by atoms with van der Waals surface area (Å²) < 4.78 is 20.6. The van der Waals surface area contributed by atoms with Crippen LogP contribution >= 0.6 is 0 Å². The second-order valence-corrected chi connectivity index (χ2v) is 8.27. The average molecular weight is 469 g/mol. The fourth-order valence-electron chi connectivity index (χ4n) is 4.14. The number of carbonyl (C=O) groups excluding carboxylic acids is 2. The van der Waals surface area contributed by atoms with Gasteiger partial charge in [-0.1, -0.05) is 57.5 Å². The zero-order chi connectivity index (χ0) is 24.7. The molecule has 2 aromatic carbocycles. The zero-order valence-corrected chi connectivity index (χ0v) is 20.1. The van der Waals surface area contributed by atoms with E-state index in [0.717, 1.165) is 25.9 Å². The number of Topliss-reactive ketones (excluding diaryl/α,β-unsaturated/α-hetero) is 1. The van der Waals surface area contributed by atoms with Crippen LogP contribution < -0.4 is 4.74 Å². The summed E-state index contributed by atoms with van der Waals surface area (Å²) in [6.07, 6.45) is 1.88. The second-order valence-electron chi connectivity index (χ2n) is 8.27. The Morgan fingerprint density at radius 3 is 2.50 bits per heavy atom. The van der Waals surface area contributed by atoms with E-state index < -0.39 is 23.5 Å². The van der Waals surface area contributed by atoms with E-state index in [-0.39, 0.29) is 23.4 Å². The lowest BCUT2D eigenvalue weighted by atomic mass is 9.95. The van der Waals surface area contributed by atoms with Crippen LogP contribution in [0.2, 0.25) is 0 Å². The topological polar surface area (TPSA) is 70.1 Å². The molecule has 1 fully saturated rings. The molecule has 0 aliphatic carbocycles. The number of hydrogen-bond acceptors (Lipinski definition) is 5. The number of halogens is 1. The molecule has 7 heteroatoms. The smallest absolute Gasteiger partial charge is 0.295 e. The number of aliphatic hydroxyl groups excluding tert-OH is 1. The largest absolute Gasteiger partial charge is 0.507 e. The van der Waals surface area contributed by atoms with Crippen LogP contribution in [-0.4, -0.2) is 59.4 Å². The van der Waals surface area contributed by atoms with Crippen LogP contribution in [-0.2, 0) is 9.59 Å². The minimum atomic E-state index is -1.01. The molecule has 3 rings (SSSR count). The number of ketones is 1. The van der Waals surface area contributed by atoms with Crippen LogP contribution in [0.3, 0.4) is 0 Å². The van der Waals surface area contributed by atoms with Crippen molar-refractivity contribution in [2.75, 3.05) is 32.8 Å². The standard InChI is InChI=1S/C27H33FN2O4/c1-4-7-17-34-20-12-10-11-19(18-20)25(31)23-24(21-13-8-9-14-22(21)28)30(27(33)26(23)32)16-15-29(5-2)6-3/h8-14,18,24,31H,4-7,15-17H2,1-3H3/b25-23+. The molecule has 0 aromatic heterocycles. The highest BCUT2D eigenvalue weighted by Crippen LogP contribution is 2.40. The third-order valence-corrected chi connectivity index (χ3v) is 6.17. The van der Waals surface area contributed by atoms with Crippen molar-refractivity contribution in [1.29, 1.82) is 0 Å². The highest BCUT2D eigenvalue weighted by atomic mass is 19.1. The van der Waals surface area contributed by atoms with Crippen molar-refractivity contribution >= 4 is 17.4 Å². The molecule has 1 aliphatic heterocycles. The predicted molar refractivity (Wildman–Crippen MR) is 130 cm³/mol. The molecule has 182 valence electrons. The van der Waals surface area contributed by atoms with Gasteiger partial charge in [0.05, 0.1) is 18.2 Å². The molecule has 1 saturated heterocycles. The van der Waals surface area contributed by atoms with Crippen LogP contribution in [0.15, 0.2) is 54.1 Å². The molecule has 1 amide bonds. The maximum absolute atomic E-state index is 14.9. The average Bonchev–Trinajstić information content (AvgIpc) is 3.09.